The third-order valence-corrected chi connectivity index (χ3v) is 3.28. The van der Waals surface area contributed by atoms with Crippen LogP contribution in [0.25, 0.3) is 0 Å². The van der Waals surface area contributed by atoms with Crippen LogP contribution in [0.1, 0.15) is 38.4 Å². The van der Waals surface area contributed by atoms with Crippen molar-refractivity contribution in [2.24, 2.45) is 0 Å². The first-order chi connectivity index (χ1) is 8.54. The van der Waals surface area contributed by atoms with E-state index in [9.17, 15) is 4.79 Å². The lowest BCUT2D eigenvalue weighted by molar-refractivity contribution is 0.260. The van der Waals surface area contributed by atoms with Crippen molar-refractivity contribution in [2.45, 2.75) is 38.6 Å². The van der Waals surface area contributed by atoms with Gasteiger partial charge in [-0.1, -0.05) is 13.8 Å². The van der Waals surface area contributed by atoms with E-state index in [1.165, 1.54) is 6.42 Å². The van der Waals surface area contributed by atoms with Gasteiger partial charge in [-0.3, -0.25) is 4.79 Å². The van der Waals surface area contributed by atoms with Crippen molar-refractivity contribution >= 4 is 5.82 Å². The Kier molecular flexibility index (Phi) is 4.01. The first kappa shape index (κ1) is 13.1. The van der Waals surface area contributed by atoms with E-state index in [1.54, 1.807) is 6.07 Å². The van der Waals surface area contributed by atoms with E-state index in [1.807, 2.05) is 13.8 Å². The minimum Gasteiger partial charge on any atom is -0.366 e. The Hall–Kier alpha value is -1.36. The largest absolute Gasteiger partial charge is 0.366 e. The molecule has 1 atom stereocenters. The van der Waals surface area contributed by atoms with E-state index in [0.29, 0.717) is 11.9 Å². The molecule has 1 aromatic heterocycles. The molecule has 5 nitrogen and oxygen atoms in total. The molecule has 0 amide bonds. The van der Waals surface area contributed by atoms with E-state index in [0.717, 1.165) is 25.3 Å². The van der Waals surface area contributed by atoms with Crippen LogP contribution >= 0.6 is 0 Å². The van der Waals surface area contributed by atoms with Crippen LogP contribution in [0.4, 0.5) is 5.82 Å². The average Bonchev–Trinajstić information content (AvgIpc) is 2.28. The highest BCUT2D eigenvalue weighted by molar-refractivity contribution is 5.35. The van der Waals surface area contributed by atoms with Crippen molar-refractivity contribution in [3.63, 3.8) is 0 Å². The molecule has 0 aromatic carbocycles. The fourth-order valence-electron chi connectivity index (χ4n) is 2.32. The minimum atomic E-state index is -0.0830. The predicted molar refractivity (Wildman–Crippen MR) is 73.1 cm³/mol. The summed E-state index contributed by atoms with van der Waals surface area (Å²) in [7, 11) is 2.12. The summed E-state index contributed by atoms with van der Waals surface area (Å²) >= 11 is 0. The van der Waals surface area contributed by atoms with Crippen LogP contribution in [0.5, 0.6) is 0 Å². The second-order valence-corrected chi connectivity index (χ2v) is 5.42. The van der Waals surface area contributed by atoms with Gasteiger partial charge in [0.15, 0.2) is 0 Å². The van der Waals surface area contributed by atoms with E-state index in [2.05, 4.69) is 27.2 Å². The van der Waals surface area contributed by atoms with Gasteiger partial charge in [-0.2, -0.15) is 0 Å². The summed E-state index contributed by atoms with van der Waals surface area (Å²) < 4.78 is 0. The quantitative estimate of drug-likeness (QED) is 0.851. The molecule has 0 radical (unpaired) electrons. The summed E-state index contributed by atoms with van der Waals surface area (Å²) in [4.78, 5) is 21.1. The number of piperidine rings is 1. The van der Waals surface area contributed by atoms with Crippen molar-refractivity contribution in [3.8, 4) is 0 Å². The minimum absolute atomic E-state index is 0.0830. The second kappa shape index (κ2) is 5.52. The molecule has 18 heavy (non-hydrogen) atoms. The van der Waals surface area contributed by atoms with Crippen LogP contribution in [0.15, 0.2) is 10.9 Å². The van der Waals surface area contributed by atoms with Crippen molar-refractivity contribution in [1.29, 1.82) is 0 Å². The number of rotatable bonds is 3. The van der Waals surface area contributed by atoms with E-state index in [4.69, 9.17) is 0 Å². The number of H-pyrrole nitrogens is 1. The number of anilines is 1. The normalized spacial score (nSPS) is 21.2. The number of hydrogen-bond acceptors (Lipinski definition) is 4. The van der Waals surface area contributed by atoms with Gasteiger partial charge in [-0.25, -0.2) is 4.98 Å². The van der Waals surface area contributed by atoms with E-state index in [-0.39, 0.29) is 11.5 Å². The summed E-state index contributed by atoms with van der Waals surface area (Å²) in [5.74, 6) is 1.67. The van der Waals surface area contributed by atoms with Crippen LogP contribution in [0, 0.1) is 0 Å². The summed E-state index contributed by atoms with van der Waals surface area (Å²) in [5, 5.41) is 3.37. The van der Waals surface area contributed by atoms with Gasteiger partial charge in [0.05, 0.1) is 0 Å². The van der Waals surface area contributed by atoms with Gasteiger partial charge < -0.3 is 15.2 Å². The Morgan fingerprint density at radius 1 is 1.56 bits per heavy atom. The van der Waals surface area contributed by atoms with Gasteiger partial charge in [0, 0.05) is 24.6 Å². The first-order valence-corrected chi connectivity index (χ1v) is 6.61. The molecule has 1 aliphatic rings. The molecular formula is C13H22N4O. The lowest BCUT2D eigenvalue weighted by Gasteiger charge is -2.30. The van der Waals surface area contributed by atoms with Gasteiger partial charge in [0.2, 0.25) is 0 Å². The molecule has 1 fully saturated rings. The standard InChI is InChI=1S/C13H22N4O/c1-9(2)13-15-11(7-12(18)16-13)14-10-5-4-6-17(3)8-10/h7,9-10H,4-6,8H2,1-3H3,(H2,14,15,16,18). The Labute approximate surface area is 108 Å². The zero-order valence-electron chi connectivity index (χ0n) is 11.4. The van der Waals surface area contributed by atoms with E-state index >= 15 is 0 Å². The molecule has 2 heterocycles. The van der Waals surface area contributed by atoms with Crippen molar-refractivity contribution in [1.82, 2.24) is 14.9 Å². The Morgan fingerprint density at radius 3 is 3.00 bits per heavy atom. The number of likely N-dealkylation sites (N-methyl/N-ethyl adjacent to an activating group) is 1. The van der Waals surface area contributed by atoms with Crippen LogP contribution < -0.4 is 10.9 Å². The maximum atomic E-state index is 11.6. The Balaban J connectivity index is 2.11. The number of likely N-dealkylation sites (tertiary alicyclic amines) is 1. The van der Waals surface area contributed by atoms with Crippen molar-refractivity contribution in [3.05, 3.63) is 22.2 Å². The molecule has 5 heteroatoms. The van der Waals surface area contributed by atoms with Crippen LogP contribution in [-0.2, 0) is 0 Å². The number of nitrogens with zero attached hydrogens (tertiary/aromatic N) is 2. The number of aromatic nitrogens is 2. The maximum absolute atomic E-state index is 11.6. The van der Waals surface area contributed by atoms with Crippen LogP contribution in [0.3, 0.4) is 0 Å². The fraction of sp³-hybridized carbons (Fsp3) is 0.692. The smallest absolute Gasteiger partial charge is 0.252 e. The van der Waals surface area contributed by atoms with Crippen molar-refractivity contribution in [2.75, 3.05) is 25.5 Å². The summed E-state index contributed by atoms with van der Waals surface area (Å²) in [6, 6.07) is 1.93. The van der Waals surface area contributed by atoms with Crippen molar-refractivity contribution < 1.29 is 0 Å². The summed E-state index contributed by atoms with van der Waals surface area (Å²) in [5.41, 5.74) is -0.0830. The summed E-state index contributed by atoms with van der Waals surface area (Å²) in [6.07, 6.45) is 2.32. The lowest BCUT2D eigenvalue weighted by Crippen LogP contribution is -2.40. The lowest BCUT2D eigenvalue weighted by atomic mass is 10.1. The predicted octanol–water partition coefficient (Wildman–Crippen LogP) is 1.40. The third-order valence-electron chi connectivity index (χ3n) is 3.28. The molecule has 1 unspecified atom stereocenters. The zero-order valence-corrected chi connectivity index (χ0v) is 11.4. The third kappa shape index (κ3) is 3.32. The number of nitrogens with one attached hydrogen (secondary N) is 2. The zero-order chi connectivity index (χ0) is 13.1. The highest BCUT2D eigenvalue weighted by Crippen LogP contribution is 2.14. The molecule has 2 N–H and O–H groups in total. The van der Waals surface area contributed by atoms with E-state index < -0.39 is 0 Å². The highest BCUT2D eigenvalue weighted by atomic mass is 16.1. The number of hydrogen-bond donors (Lipinski definition) is 2. The molecule has 1 saturated heterocycles. The van der Waals surface area contributed by atoms with Gasteiger partial charge >= 0.3 is 0 Å². The van der Waals surface area contributed by atoms with Crippen LogP contribution in [-0.4, -0.2) is 41.0 Å². The fourth-order valence-corrected chi connectivity index (χ4v) is 2.32. The first-order valence-electron chi connectivity index (χ1n) is 6.61. The molecule has 1 aliphatic heterocycles. The molecular weight excluding hydrogens is 228 g/mol. The highest BCUT2D eigenvalue weighted by Gasteiger charge is 2.17. The molecule has 0 spiro atoms. The van der Waals surface area contributed by atoms with Gasteiger partial charge in [-0.05, 0) is 26.4 Å². The second-order valence-electron chi connectivity index (χ2n) is 5.42. The SMILES string of the molecule is CC(C)c1nc(NC2CCCN(C)C2)cc(=O)[nH]1. The van der Waals surface area contributed by atoms with Crippen LogP contribution in [0.2, 0.25) is 0 Å². The average molecular weight is 250 g/mol. The maximum Gasteiger partial charge on any atom is 0.252 e. The Morgan fingerprint density at radius 2 is 2.33 bits per heavy atom. The van der Waals surface area contributed by atoms with Gasteiger partial charge in [0.1, 0.15) is 11.6 Å². The van der Waals surface area contributed by atoms with Gasteiger partial charge in [-0.15, -0.1) is 0 Å². The molecule has 100 valence electrons. The molecule has 1 aromatic rings. The molecule has 0 saturated carbocycles. The molecule has 0 bridgehead atoms. The molecule has 2 rings (SSSR count). The summed E-state index contributed by atoms with van der Waals surface area (Å²) in [6.45, 7) is 6.20. The van der Waals surface area contributed by atoms with Gasteiger partial charge in [0.25, 0.3) is 5.56 Å². The monoisotopic (exact) mass is 250 g/mol. The topological polar surface area (TPSA) is 61.0 Å². The number of aromatic amines is 1. The molecule has 0 aliphatic carbocycles. The Bertz CT molecular complexity index is 455.